The van der Waals surface area contributed by atoms with Crippen molar-refractivity contribution < 1.29 is 4.39 Å². The summed E-state index contributed by atoms with van der Waals surface area (Å²) >= 11 is 0. The van der Waals surface area contributed by atoms with Gasteiger partial charge in [-0.2, -0.15) is 0 Å². The van der Waals surface area contributed by atoms with Crippen LogP contribution in [0.2, 0.25) is 0 Å². The molecule has 1 aromatic rings. The Labute approximate surface area is 91.8 Å². The molecular weight excluding hydrogens is 187 g/mol. The maximum Gasteiger partial charge on any atom is 0.136 e. The molecule has 0 heterocycles. The van der Waals surface area contributed by atoms with Crippen LogP contribution in [0.4, 0.5) is 4.39 Å². The van der Waals surface area contributed by atoms with E-state index >= 15 is 0 Å². The zero-order chi connectivity index (χ0) is 11.6. The SMILES string of the molecule is C=C(C)c1ccccc1C(C)(F)C(C)C. The zero-order valence-corrected chi connectivity index (χ0v) is 9.97. The summed E-state index contributed by atoms with van der Waals surface area (Å²) < 4.78 is 14.5. The van der Waals surface area contributed by atoms with Gasteiger partial charge in [-0.15, -0.1) is 0 Å². The van der Waals surface area contributed by atoms with E-state index in [0.29, 0.717) is 0 Å². The van der Waals surface area contributed by atoms with Crippen LogP contribution in [0.1, 0.15) is 38.8 Å². The standard InChI is InChI=1S/C14H19F/c1-10(2)12-8-6-7-9-13(12)14(5,15)11(3)4/h6-9,11H,1H2,2-5H3. The number of halogens is 1. The zero-order valence-electron chi connectivity index (χ0n) is 9.97. The summed E-state index contributed by atoms with van der Waals surface area (Å²) in [5.74, 6) is -0.0435. The lowest BCUT2D eigenvalue weighted by Gasteiger charge is -2.27. The normalized spacial score (nSPS) is 15.1. The Kier molecular flexibility index (Phi) is 3.33. The van der Waals surface area contributed by atoms with Crippen LogP contribution in [0.3, 0.4) is 0 Å². The van der Waals surface area contributed by atoms with E-state index in [9.17, 15) is 4.39 Å². The predicted molar refractivity (Wildman–Crippen MR) is 64.4 cm³/mol. The van der Waals surface area contributed by atoms with E-state index < -0.39 is 5.67 Å². The first-order valence-corrected chi connectivity index (χ1v) is 5.31. The molecule has 0 aliphatic heterocycles. The van der Waals surface area contributed by atoms with Crippen molar-refractivity contribution in [2.45, 2.75) is 33.4 Å². The Bertz CT molecular complexity index is 361. The third kappa shape index (κ3) is 2.28. The Morgan fingerprint density at radius 1 is 1.33 bits per heavy atom. The third-order valence-corrected chi connectivity index (χ3v) is 3.00. The number of allylic oxidation sites excluding steroid dienone is 1. The third-order valence-electron chi connectivity index (χ3n) is 3.00. The Morgan fingerprint density at radius 2 is 1.87 bits per heavy atom. The van der Waals surface area contributed by atoms with Gasteiger partial charge in [0.1, 0.15) is 5.67 Å². The average molecular weight is 206 g/mol. The van der Waals surface area contributed by atoms with E-state index in [1.165, 1.54) is 0 Å². The second kappa shape index (κ2) is 4.18. The summed E-state index contributed by atoms with van der Waals surface area (Å²) in [5.41, 5.74) is 1.29. The van der Waals surface area contributed by atoms with Crippen LogP contribution >= 0.6 is 0 Å². The number of alkyl halides is 1. The van der Waals surface area contributed by atoms with Crippen LogP contribution in [0.15, 0.2) is 30.8 Å². The van der Waals surface area contributed by atoms with Crippen molar-refractivity contribution in [2.24, 2.45) is 5.92 Å². The molecule has 1 unspecified atom stereocenters. The van der Waals surface area contributed by atoms with Crippen LogP contribution in [-0.4, -0.2) is 0 Å². The van der Waals surface area contributed by atoms with Gasteiger partial charge in [0.2, 0.25) is 0 Å². The van der Waals surface area contributed by atoms with Crippen LogP contribution in [0.5, 0.6) is 0 Å². The largest absolute Gasteiger partial charge is 0.239 e. The van der Waals surface area contributed by atoms with Crippen LogP contribution in [0, 0.1) is 5.92 Å². The molecule has 1 heteroatoms. The van der Waals surface area contributed by atoms with Gasteiger partial charge >= 0.3 is 0 Å². The summed E-state index contributed by atoms with van der Waals surface area (Å²) in [4.78, 5) is 0. The van der Waals surface area contributed by atoms with Crippen molar-refractivity contribution in [3.8, 4) is 0 Å². The highest BCUT2D eigenvalue weighted by molar-refractivity contribution is 5.65. The molecule has 0 saturated carbocycles. The van der Waals surface area contributed by atoms with Gasteiger partial charge in [-0.25, -0.2) is 4.39 Å². The fourth-order valence-electron chi connectivity index (χ4n) is 1.59. The molecular formula is C14H19F. The summed E-state index contributed by atoms with van der Waals surface area (Å²) in [6.07, 6.45) is 0. The van der Waals surface area contributed by atoms with E-state index in [4.69, 9.17) is 0 Å². The molecule has 0 nitrogen and oxygen atoms in total. The molecule has 0 saturated heterocycles. The smallest absolute Gasteiger partial charge is 0.136 e. The highest BCUT2D eigenvalue weighted by Gasteiger charge is 2.31. The van der Waals surface area contributed by atoms with E-state index in [1.807, 2.05) is 45.0 Å². The van der Waals surface area contributed by atoms with Gasteiger partial charge in [-0.1, -0.05) is 50.3 Å². The van der Waals surface area contributed by atoms with Crippen LogP contribution in [0.25, 0.3) is 5.57 Å². The molecule has 0 aromatic heterocycles. The predicted octanol–water partition coefficient (Wildman–Crippen LogP) is 4.56. The molecule has 0 N–H and O–H groups in total. The Balaban J connectivity index is 3.31. The number of hydrogen-bond acceptors (Lipinski definition) is 0. The monoisotopic (exact) mass is 206 g/mol. The van der Waals surface area contributed by atoms with Gasteiger partial charge < -0.3 is 0 Å². The van der Waals surface area contributed by atoms with Crippen molar-refractivity contribution in [3.05, 3.63) is 42.0 Å². The first kappa shape index (κ1) is 12.0. The minimum absolute atomic E-state index is 0.0435. The molecule has 15 heavy (non-hydrogen) atoms. The Morgan fingerprint density at radius 3 is 2.33 bits per heavy atom. The summed E-state index contributed by atoms with van der Waals surface area (Å²) in [7, 11) is 0. The van der Waals surface area contributed by atoms with Crippen LogP contribution < -0.4 is 0 Å². The molecule has 0 amide bonds. The van der Waals surface area contributed by atoms with Crippen molar-refractivity contribution in [3.63, 3.8) is 0 Å². The van der Waals surface area contributed by atoms with E-state index in [-0.39, 0.29) is 5.92 Å². The number of hydrogen-bond donors (Lipinski definition) is 0. The van der Waals surface area contributed by atoms with Gasteiger partial charge in [0.05, 0.1) is 0 Å². The minimum Gasteiger partial charge on any atom is -0.239 e. The quantitative estimate of drug-likeness (QED) is 0.680. The second-order valence-corrected chi connectivity index (χ2v) is 4.56. The molecule has 1 rings (SSSR count). The summed E-state index contributed by atoms with van der Waals surface area (Å²) in [6, 6.07) is 7.58. The van der Waals surface area contributed by atoms with Crippen molar-refractivity contribution in [2.75, 3.05) is 0 Å². The first-order valence-electron chi connectivity index (χ1n) is 5.31. The van der Waals surface area contributed by atoms with Crippen molar-refractivity contribution >= 4 is 5.57 Å². The van der Waals surface area contributed by atoms with Gasteiger partial charge in [0, 0.05) is 0 Å². The van der Waals surface area contributed by atoms with Crippen LogP contribution in [-0.2, 0) is 5.67 Å². The molecule has 0 aliphatic rings. The van der Waals surface area contributed by atoms with Crippen molar-refractivity contribution in [1.82, 2.24) is 0 Å². The number of benzene rings is 1. The van der Waals surface area contributed by atoms with Crippen molar-refractivity contribution in [1.29, 1.82) is 0 Å². The number of rotatable bonds is 3. The van der Waals surface area contributed by atoms with Gasteiger partial charge in [-0.3, -0.25) is 0 Å². The van der Waals surface area contributed by atoms with Gasteiger partial charge in [-0.05, 0) is 30.9 Å². The van der Waals surface area contributed by atoms with E-state index in [1.54, 1.807) is 6.92 Å². The summed E-state index contributed by atoms with van der Waals surface area (Å²) in [5, 5.41) is 0. The molecule has 82 valence electrons. The minimum atomic E-state index is -1.30. The lowest BCUT2D eigenvalue weighted by atomic mass is 9.83. The second-order valence-electron chi connectivity index (χ2n) is 4.56. The van der Waals surface area contributed by atoms with E-state index in [2.05, 4.69) is 6.58 Å². The molecule has 0 bridgehead atoms. The van der Waals surface area contributed by atoms with Gasteiger partial charge in [0.15, 0.2) is 0 Å². The lowest BCUT2D eigenvalue weighted by molar-refractivity contribution is 0.123. The topological polar surface area (TPSA) is 0 Å². The summed E-state index contributed by atoms with van der Waals surface area (Å²) in [6.45, 7) is 11.2. The molecule has 1 atom stereocenters. The van der Waals surface area contributed by atoms with E-state index in [0.717, 1.165) is 16.7 Å². The first-order chi connectivity index (χ1) is 6.87. The maximum atomic E-state index is 14.5. The fourth-order valence-corrected chi connectivity index (χ4v) is 1.59. The molecule has 0 radical (unpaired) electrons. The lowest BCUT2D eigenvalue weighted by Crippen LogP contribution is -2.24. The highest BCUT2D eigenvalue weighted by atomic mass is 19.1. The maximum absolute atomic E-state index is 14.5. The molecule has 0 spiro atoms. The Hall–Kier alpha value is -1.11. The average Bonchev–Trinajstić information content (AvgIpc) is 2.17. The fraction of sp³-hybridized carbons (Fsp3) is 0.429. The van der Waals surface area contributed by atoms with Gasteiger partial charge in [0.25, 0.3) is 0 Å². The molecule has 1 aromatic carbocycles. The molecule has 0 aliphatic carbocycles. The highest BCUT2D eigenvalue weighted by Crippen LogP contribution is 2.37. The molecule has 0 fully saturated rings.